The molecular formula is C13H27N. The molecule has 14 heavy (non-hydrogen) atoms. The van der Waals surface area contributed by atoms with Gasteiger partial charge in [0.2, 0.25) is 0 Å². The van der Waals surface area contributed by atoms with Gasteiger partial charge in [-0.3, -0.25) is 0 Å². The Morgan fingerprint density at radius 1 is 1.07 bits per heavy atom. The van der Waals surface area contributed by atoms with E-state index in [1.807, 2.05) is 0 Å². The average molecular weight is 197 g/mol. The van der Waals surface area contributed by atoms with Gasteiger partial charge in [-0.2, -0.15) is 0 Å². The molecule has 1 aliphatic rings. The van der Waals surface area contributed by atoms with Crippen molar-refractivity contribution in [3.63, 3.8) is 0 Å². The fourth-order valence-electron chi connectivity index (χ4n) is 2.55. The highest BCUT2D eigenvalue weighted by Gasteiger charge is 2.23. The molecule has 0 spiro atoms. The Morgan fingerprint density at radius 2 is 1.93 bits per heavy atom. The first-order valence-electron chi connectivity index (χ1n) is 6.60. The van der Waals surface area contributed by atoms with Crippen LogP contribution in [0, 0.1) is 5.92 Å². The molecule has 0 aromatic carbocycles. The number of unbranched alkanes of at least 4 members (excludes halogenated alkanes) is 2. The lowest BCUT2D eigenvalue weighted by atomic mass is 10.00. The molecule has 0 heterocycles. The first kappa shape index (κ1) is 12.0. The normalized spacial score (nSPS) is 27.0. The van der Waals surface area contributed by atoms with E-state index < -0.39 is 0 Å². The molecule has 0 aromatic rings. The van der Waals surface area contributed by atoms with Crippen molar-refractivity contribution in [2.45, 2.75) is 71.3 Å². The maximum absolute atomic E-state index is 3.65. The van der Waals surface area contributed by atoms with E-state index in [0.717, 1.165) is 12.0 Å². The Hall–Kier alpha value is -0.0400. The summed E-state index contributed by atoms with van der Waals surface area (Å²) in [5, 5.41) is 3.65. The van der Waals surface area contributed by atoms with E-state index in [0.29, 0.717) is 0 Å². The number of rotatable bonds is 7. The fourth-order valence-corrected chi connectivity index (χ4v) is 2.55. The quantitative estimate of drug-likeness (QED) is 0.613. The Morgan fingerprint density at radius 3 is 2.64 bits per heavy atom. The van der Waals surface area contributed by atoms with Crippen LogP contribution in [0.2, 0.25) is 0 Å². The van der Waals surface area contributed by atoms with Crippen molar-refractivity contribution in [3.8, 4) is 0 Å². The van der Waals surface area contributed by atoms with Gasteiger partial charge in [-0.05, 0) is 38.1 Å². The van der Waals surface area contributed by atoms with E-state index in [2.05, 4.69) is 19.2 Å². The third kappa shape index (κ3) is 4.45. The lowest BCUT2D eigenvalue weighted by molar-refractivity contribution is 0.445. The average Bonchev–Trinajstić information content (AvgIpc) is 2.63. The molecule has 1 fully saturated rings. The van der Waals surface area contributed by atoms with Gasteiger partial charge in [0, 0.05) is 6.04 Å². The summed E-state index contributed by atoms with van der Waals surface area (Å²) in [6, 6.07) is 0.849. The van der Waals surface area contributed by atoms with E-state index in [-0.39, 0.29) is 0 Å². The number of hydrogen-bond acceptors (Lipinski definition) is 1. The molecule has 1 rings (SSSR count). The van der Waals surface area contributed by atoms with E-state index in [1.165, 1.54) is 57.9 Å². The molecule has 0 aliphatic heterocycles. The largest absolute Gasteiger partial charge is 0.314 e. The van der Waals surface area contributed by atoms with Crippen molar-refractivity contribution in [1.29, 1.82) is 0 Å². The second kappa shape index (κ2) is 7.28. The monoisotopic (exact) mass is 197 g/mol. The van der Waals surface area contributed by atoms with Crippen LogP contribution < -0.4 is 5.32 Å². The van der Waals surface area contributed by atoms with Crippen molar-refractivity contribution in [2.24, 2.45) is 5.92 Å². The van der Waals surface area contributed by atoms with Gasteiger partial charge in [0.15, 0.2) is 0 Å². The second-order valence-electron chi connectivity index (χ2n) is 4.83. The van der Waals surface area contributed by atoms with Crippen LogP contribution in [-0.4, -0.2) is 12.6 Å². The van der Waals surface area contributed by atoms with Gasteiger partial charge in [-0.1, -0.05) is 39.5 Å². The predicted octanol–water partition coefficient (Wildman–Crippen LogP) is 3.74. The van der Waals surface area contributed by atoms with Crippen LogP contribution in [0.5, 0.6) is 0 Å². The summed E-state index contributed by atoms with van der Waals surface area (Å²) in [7, 11) is 0. The lowest BCUT2D eigenvalue weighted by Gasteiger charge is -2.12. The van der Waals surface area contributed by atoms with Crippen LogP contribution in [0.25, 0.3) is 0 Å². The SMILES string of the molecule is CCCCCC1CCC(NCCC)C1. The summed E-state index contributed by atoms with van der Waals surface area (Å²) in [5.41, 5.74) is 0. The maximum Gasteiger partial charge on any atom is 0.00698 e. The standard InChI is InChI=1S/C13H27N/c1-3-5-6-7-12-8-9-13(11-12)14-10-4-2/h12-14H,3-11H2,1-2H3. The maximum atomic E-state index is 3.65. The van der Waals surface area contributed by atoms with Crippen molar-refractivity contribution in [3.05, 3.63) is 0 Å². The summed E-state index contributed by atoms with van der Waals surface area (Å²) in [5.74, 6) is 1.04. The van der Waals surface area contributed by atoms with Gasteiger partial charge in [0.05, 0.1) is 0 Å². The van der Waals surface area contributed by atoms with E-state index in [9.17, 15) is 0 Å². The van der Waals surface area contributed by atoms with Crippen LogP contribution in [0.15, 0.2) is 0 Å². The van der Waals surface area contributed by atoms with Crippen molar-refractivity contribution < 1.29 is 0 Å². The fraction of sp³-hybridized carbons (Fsp3) is 1.00. The molecule has 0 saturated heterocycles. The molecule has 0 radical (unpaired) electrons. The summed E-state index contributed by atoms with van der Waals surface area (Å²) in [6.07, 6.45) is 11.4. The molecule has 1 nitrogen and oxygen atoms in total. The summed E-state index contributed by atoms with van der Waals surface area (Å²) in [4.78, 5) is 0. The third-order valence-electron chi connectivity index (χ3n) is 3.44. The second-order valence-corrected chi connectivity index (χ2v) is 4.83. The summed E-state index contributed by atoms with van der Waals surface area (Å²) in [6.45, 7) is 5.76. The first-order valence-corrected chi connectivity index (χ1v) is 6.60. The van der Waals surface area contributed by atoms with E-state index >= 15 is 0 Å². The van der Waals surface area contributed by atoms with Gasteiger partial charge in [-0.15, -0.1) is 0 Å². The summed E-state index contributed by atoms with van der Waals surface area (Å²) < 4.78 is 0. The Kier molecular flexibility index (Phi) is 6.25. The topological polar surface area (TPSA) is 12.0 Å². The zero-order valence-electron chi connectivity index (χ0n) is 10.0. The van der Waals surface area contributed by atoms with Crippen LogP contribution in [0.4, 0.5) is 0 Å². The van der Waals surface area contributed by atoms with E-state index in [4.69, 9.17) is 0 Å². The minimum Gasteiger partial charge on any atom is -0.314 e. The van der Waals surface area contributed by atoms with Gasteiger partial charge >= 0.3 is 0 Å². The third-order valence-corrected chi connectivity index (χ3v) is 3.44. The summed E-state index contributed by atoms with van der Waals surface area (Å²) >= 11 is 0. The number of nitrogens with one attached hydrogen (secondary N) is 1. The minimum absolute atomic E-state index is 0.849. The number of hydrogen-bond donors (Lipinski definition) is 1. The van der Waals surface area contributed by atoms with Gasteiger partial charge in [0.1, 0.15) is 0 Å². The van der Waals surface area contributed by atoms with Gasteiger partial charge < -0.3 is 5.32 Å². The Labute approximate surface area is 89.7 Å². The zero-order valence-corrected chi connectivity index (χ0v) is 10.0. The zero-order chi connectivity index (χ0) is 10.2. The van der Waals surface area contributed by atoms with Crippen LogP contribution in [0.3, 0.4) is 0 Å². The Bertz CT molecular complexity index is 133. The highest BCUT2D eigenvalue weighted by atomic mass is 14.9. The van der Waals surface area contributed by atoms with Crippen molar-refractivity contribution in [2.75, 3.05) is 6.54 Å². The molecule has 2 unspecified atom stereocenters. The molecule has 2 atom stereocenters. The smallest absolute Gasteiger partial charge is 0.00698 e. The van der Waals surface area contributed by atoms with Crippen LogP contribution in [-0.2, 0) is 0 Å². The molecule has 1 heteroatoms. The van der Waals surface area contributed by atoms with Gasteiger partial charge in [0.25, 0.3) is 0 Å². The molecule has 0 aromatic heterocycles. The van der Waals surface area contributed by atoms with Gasteiger partial charge in [-0.25, -0.2) is 0 Å². The molecule has 1 saturated carbocycles. The van der Waals surface area contributed by atoms with Crippen LogP contribution in [0.1, 0.15) is 65.2 Å². The molecule has 0 bridgehead atoms. The van der Waals surface area contributed by atoms with Crippen LogP contribution >= 0.6 is 0 Å². The predicted molar refractivity (Wildman–Crippen MR) is 63.6 cm³/mol. The van der Waals surface area contributed by atoms with E-state index in [1.54, 1.807) is 0 Å². The lowest BCUT2D eigenvalue weighted by Crippen LogP contribution is -2.26. The molecule has 0 amide bonds. The Balaban J connectivity index is 2.02. The molecule has 84 valence electrons. The minimum atomic E-state index is 0.849. The first-order chi connectivity index (χ1) is 6.86. The van der Waals surface area contributed by atoms with Crippen molar-refractivity contribution >= 4 is 0 Å². The highest BCUT2D eigenvalue weighted by molar-refractivity contribution is 4.80. The molecule has 1 aliphatic carbocycles. The molecular weight excluding hydrogens is 170 g/mol. The molecule has 1 N–H and O–H groups in total. The highest BCUT2D eigenvalue weighted by Crippen LogP contribution is 2.29. The van der Waals surface area contributed by atoms with Crippen molar-refractivity contribution in [1.82, 2.24) is 5.32 Å².